The second-order valence-electron chi connectivity index (χ2n) is 8.30. The summed E-state index contributed by atoms with van der Waals surface area (Å²) in [6, 6.07) is 17.2. The van der Waals surface area contributed by atoms with E-state index in [1.807, 2.05) is 37.7 Å². The average Bonchev–Trinajstić information content (AvgIpc) is 3.43. The van der Waals surface area contributed by atoms with E-state index < -0.39 is 0 Å². The summed E-state index contributed by atoms with van der Waals surface area (Å²) in [4.78, 5) is 22.7. The first-order chi connectivity index (χ1) is 16.8. The van der Waals surface area contributed by atoms with Crippen LogP contribution in [0.4, 0.5) is 0 Å². The minimum Gasteiger partial charge on any atom is -0.388 e. The normalized spacial score (nSPS) is 18.7. The number of H-pyrrole nitrogens is 1. The summed E-state index contributed by atoms with van der Waals surface area (Å²) in [6.45, 7) is 0.768. The molecule has 1 aliphatic heterocycles. The van der Waals surface area contributed by atoms with Gasteiger partial charge in [-0.1, -0.05) is 54.6 Å². The molecule has 0 bridgehead atoms. The van der Waals surface area contributed by atoms with Gasteiger partial charge >= 0.3 is 0 Å². The van der Waals surface area contributed by atoms with Gasteiger partial charge in [-0.25, -0.2) is 4.98 Å². The van der Waals surface area contributed by atoms with Crippen molar-refractivity contribution >= 4 is 17.3 Å². The Morgan fingerprint density at radius 1 is 1.06 bits per heavy atom. The molecule has 3 heterocycles. The number of imidazole rings is 1. The molecule has 6 nitrogen and oxygen atoms in total. The fraction of sp³-hybridized carbons (Fsp3) is 0.179. The van der Waals surface area contributed by atoms with Crippen LogP contribution >= 0.6 is 0 Å². The first-order valence-corrected chi connectivity index (χ1v) is 11.5. The van der Waals surface area contributed by atoms with Crippen LogP contribution in [0.5, 0.6) is 0 Å². The van der Waals surface area contributed by atoms with Crippen LogP contribution < -0.4 is 10.6 Å². The van der Waals surface area contributed by atoms with Gasteiger partial charge in [0.25, 0.3) is 0 Å². The molecule has 1 aliphatic carbocycles. The summed E-state index contributed by atoms with van der Waals surface area (Å²) in [5.74, 6) is 0.890. The number of rotatable bonds is 3. The van der Waals surface area contributed by atoms with E-state index in [9.17, 15) is 4.79 Å². The van der Waals surface area contributed by atoms with Crippen LogP contribution in [0, 0.1) is 0 Å². The number of nitrogens with zero attached hydrogens (tertiary/aromatic N) is 2. The lowest BCUT2D eigenvalue weighted by Gasteiger charge is -2.12. The molecule has 1 unspecified atom stereocenters. The Bertz CT molecular complexity index is 1350. The number of carbonyl (C=O) groups is 1. The third-order valence-corrected chi connectivity index (χ3v) is 6.24. The lowest BCUT2D eigenvalue weighted by atomic mass is 9.99. The van der Waals surface area contributed by atoms with E-state index in [4.69, 9.17) is 4.98 Å². The number of aromatic nitrogens is 3. The summed E-state index contributed by atoms with van der Waals surface area (Å²) in [5, 5.41) is 6.48. The number of carbonyl (C=O) groups excluding carboxylic acids is 1. The van der Waals surface area contributed by atoms with Gasteiger partial charge in [0.05, 0.1) is 23.3 Å². The average molecular weight is 450 g/mol. The molecule has 6 rings (SSSR count). The molecular formula is C28H27N5O. The highest BCUT2D eigenvalue weighted by molar-refractivity contribution is 5.91. The Labute approximate surface area is 198 Å². The third-order valence-electron chi connectivity index (χ3n) is 6.24. The van der Waals surface area contributed by atoms with Crippen molar-refractivity contribution in [3.8, 4) is 22.5 Å². The largest absolute Gasteiger partial charge is 0.388 e. The summed E-state index contributed by atoms with van der Waals surface area (Å²) in [7, 11) is 2.01. The zero-order valence-electron chi connectivity index (χ0n) is 19.1. The molecule has 3 N–H and O–H groups in total. The van der Waals surface area contributed by atoms with Crippen molar-refractivity contribution in [2.45, 2.75) is 18.9 Å². The summed E-state index contributed by atoms with van der Waals surface area (Å²) >= 11 is 0. The SMILES string of the molecule is CNC1c2ccccc2-c2c(-c3nc4ccncc4[nH]3)cccc21.O=C/C1=C/CN/C=C\CC1. The monoisotopic (exact) mass is 449 g/mol. The number of aldehydes is 1. The highest BCUT2D eigenvalue weighted by Crippen LogP contribution is 2.47. The molecule has 0 saturated carbocycles. The van der Waals surface area contributed by atoms with Crippen molar-refractivity contribution in [1.82, 2.24) is 25.6 Å². The lowest BCUT2D eigenvalue weighted by Crippen LogP contribution is -2.14. The minimum atomic E-state index is 0.224. The molecular weight excluding hydrogens is 422 g/mol. The molecule has 1 atom stereocenters. The van der Waals surface area contributed by atoms with E-state index in [0.29, 0.717) is 0 Å². The van der Waals surface area contributed by atoms with Crippen LogP contribution in [0.1, 0.15) is 30.0 Å². The van der Waals surface area contributed by atoms with E-state index in [1.54, 1.807) is 6.20 Å². The van der Waals surface area contributed by atoms with Crippen molar-refractivity contribution in [1.29, 1.82) is 0 Å². The first-order valence-electron chi connectivity index (χ1n) is 11.5. The Balaban J connectivity index is 0.000000204. The molecule has 4 aromatic rings. The molecule has 0 amide bonds. The number of aromatic amines is 1. The fourth-order valence-corrected chi connectivity index (χ4v) is 4.63. The molecule has 34 heavy (non-hydrogen) atoms. The summed E-state index contributed by atoms with van der Waals surface area (Å²) < 4.78 is 0. The molecule has 6 heteroatoms. The molecule has 0 spiro atoms. The van der Waals surface area contributed by atoms with Crippen LogP contribution in [0.25, 0.3) is 33.5 Å². The van der Waals surface area contributed by atoms with E-state index in [1.165, 1.54) is 22.3 Å². The minimum absolute atomic E-state index is 0.224. The summed E-state index contributed by atoms with van der Waals surface area (Å²) in [5.41, 5.74) is 9.09. The van der Waals surface area contributed by atoms with Gasteiger partial charge in [0.2, 0.25) is 0 Å². The van der Waals surface area contributed by atoms with Crippen LogP contribution in [0.2, 0.25) is 0 Å². The highest BCUT2D eigenvalue weighted by Gasteiger charge is 2.30. The number of benzene rings is 2. The van der Waals surface area contributed by atoms with E-state index in [0.717, 1.165) is 53.7 Å². The van der Waals surface area contributed by atoms with Crippen molar-refractivity contribution in [2.24, 2.45) is 0 Å². The number of hydrogen-bond acceptors (Lipinski definition) is 5. The van der Waals surface area contributed by atoms with E-state index in [-0.39, 0.29) is 6.04 Å². The van der Waals surface area contributed by atoms with Crippen molar-refractivity contribution in [2.75, 3.05) is 13.6 Å². The maximum Gasteiger partial charge on any atom is 0.145 e. The maximum atomic E-state index is 10.3. The maximum absolute atomic E-state index is 10.3. The molecule has 2 aliphatic rings. The van der Waals surface area contributed by atoms with Gasteiger partial charge in [-0.2, -0.15) is 0 Å². The molecule has 0 saturated heterocycles. The van der Waals surface area contributed by atoms with Gasteiger partial charge in [0.1, 0.15) is 12.1 Å². The number of pyridine rings is 1. The molecule has 0 fully saturated rings. The summed E-state index contributed by atoms with van der Waals surface area (Å²) in [6.07, 6.45) is 12.2. The number of fused-ring (bicyclic) bond motifs is 4. The van der Waals surface area contributed by atoms with Crippen molar-refractivity contribution < 1.29 is 4.79 Å². The predicted molar refractivity (Wildman–Crippen MR) is 136 cm³/mol. The van der Waals surface area contributed by atoms with E-state index >= 15 is 0 Å². The Morgan fingerprint density at radius 3 is 2.76 bits per heavy atom. The zero-order chi connectivity index (χ0) is 23.3. The van der Waals surface area contributed by atoms with Crippen LogP contribution in [-0.4, -0.2) is 34.8 Å². The topological polar surface area (TPSA) is 82.7 Å². The van der Waals surface area contributed by atoms with Gasteiger partial charge in [-0.05, 0) is 60.0 Å². The second kappa shape index (κ2) is 9.85. The van der Waals surface area contributed by atoms with Crippen LogP contribution in [0.15, 0.2) is 84.8 Å². The molecule has 0 radical (unpaired) electrons. The van der Waals surface area contributed by atoms with E-state index in [2.05, 4.69) is 63.1 Å². The lowest BCUT2D eigenvalue weighted by molar-refractivity contribution is -0.105. The first kappa shape index (κ1) is 21.8. The van der Waals surface area contributed by atoms with Crippen LogP contribution in [-0.2, 0) is 4.79 Å². The molecule has 170 valence electrons. The number of hydrogen-bond donors (Lipinski definition) is 3. The van der Waals surface area contributed by atoms with Crippen molar-refractivity contribution in [3.05, 3.63) is 96.0 Å². The highest BCUT2D eigenvalue weighted by atomic mass is 16.1. The van der Waals surface area contributed by atoms with Gasteiger partial charge in [0.15, 0.2) is 0 Å². The predicted octanol–water partition coefficient (Wildman–Crippen LogP) is 4.92. The fourth-order valence-electron chi connectivity index (χ4n) is 4.63. The zero-order valence-corrected chi connectivity index (χ0v) is 19.1. The molecule has 2 aromatic heterocycles. The molecule has 2 aromatic carbocycles. The third kappa shape index (κ3) is 4.16. The van der Waals surface area contributed by atoms with Gasteiger partial charge in [-0.3, -0.25) is 9.78 Å². The van der Waals surface area contributed by atoms with Gasteiger partial charge < -0.3 is 15.6 Å². The smallest absolute Gasteiger partial charge is 0.145 e. The standard InChI is InChI=1S/C20H16N4.C8H11NO/c1-21-19-13-6-3-2-5-12(13)18-14(19)7-4-8-15(18)20-23-16-9-10-22-11-17(16)24-20;10-7-8-3-1-2-5-9-6-4-8/h2-11,19,21H,1H3,(H,23,24);2,4-5,7,9H,1,3,6H2/b;5-2-,8-4+. The second-order valence-corrected chi connectivity index (χ2v) is 8.30. The quantitative estimate of drug-likeness (QED) is 0.387. The van der Waals surface area contributed by atoms with Gasteiger partial charge in [0, 0.05) is 18.3 Å². The van der Waals surface area contributed by atoms with Crippen molar-refractivity contribution in [3.63, 3.8) is 0 Å². The number of nitrogens with one attached hydrogen (secondary N) is 3. The Kier molecular flexibility index (Phi) is 6.31. The Hall–Kier alpha value is -4.03. The van der Waals surface area contributed by atoms with Crippen LogP contribution in [0.3, 0.4) is 0 Å². The number of allylic oxidation sites excluding steroid dienone is 2. The van der Waals surface area contributed by atoms with Gasteiger partial charge in [-0.15, -0.1) is 0 Å². The Morgan fingerprint density at radius 2 is 1.91 bits per heavy atom.